The van der Waals surface area contributed by atoms with E-state index in [1.54, 1.807) is 0 Å². The zero-order valence-corrected chi connectivity index (χ0v) is 11.1. The Balaban J connectivity index is 1.80. The fourth-order valence-electron chi connectivity index (χ4n) is 2.27. The van der Waals surface area contributed by atoms with Crippen LogP contribution in [0.3, 0.4) is 0 Å². The molecule has 1 aliphatic rings. The first kappa shape index (κ1) is 11.5. The highest BCUT2D eigenvalue weighted by Gasteiger charge is 2.24. The van der Waals surface area contributed by atoms with Crippen LogP contribution in [0.2, 0.25) is 0 Å². The molecule has 8 heteroatoms. The molecular formula is C10H15N7S. The lowest BCUT2D eigenvalue weighted by Crippen LogP contribution is -2.54. The van der Waals surface area contributed by atoms with Crippen molar-refractivity contribution in [3.63, 3.8) is 0 Å². The Morgan fingerprint density at radius 3 is 2.78 bits per heavy atom. The van der Waals surface area contributed by atoms with Gasteiger partial charge in [0.25, 0.3) is 0 Å². The van der Waals surface area contributed by atoms with E-state index in [0.29, 0.717) is 17.9 Å². The molecule has 96 valence electrons. The van der Waals surface area contributed by atoms with Crippen LogP contribution in [-0.2, 0) is 0 Å². The molecule has 2 atom stereocenters. The summed E-state index contributed by atoms with van der Waals surface area (Å²) in [5, 5.41) is 16.5. The third-order valence-corrected chi connectivity index (χ3v) is 3.42. The predicted octanol–water partition coefficient (Wildman–Crippen LogP) is 0.510. The third-order valence-electron chi connectivity index (χ3n) is 2.92. The number of piperazine rings is 1. The Labute approximate surface area is 109 Å². The number of hydrogen-bond donors (Lipinski definition) is 2. The molecule has 18 heavy (non-hydrogen) atoms. The number of aromatic nitrogens is 5. The minimum Gasteiger partial charge on any atom is -0.336 e. The van der Waals surface area contributed by atoms with Crippen LogP contribution in [0.1, 0.15) is 13.8 Å². The van der Waals surface area contributed by atoms with Gasteiger partial charge in [0.2, 0.25) is 5.95 Å². The summed E-state index contributed by atoms with van der Waals surface area (Å²) in [6.07, 6.45) is 0. The highest BCUT2D eigenvalue weighted by Crippen LogP contribution is 2.18. The molecule has 0 spiro atoms. The lowest BCUT2D eigenvalue weighted by Gasteiger charge is -2.35. The maximum absolute atomic E-state index is 4.48. The zero-order valence-electron chi connectivity index (χ0n) is 10.3. The second-order valence-electron chi connectivity index (χ2n) is 4.65. The van der Waals surface area contributed by atoms with Gasteiger partial charge < -0.3 is 10.2 Å². The van der Waals surface area contributed by atoms with Crippen LogP contribution >= 0.6 is 11.5 Å². The van der Waals surface area contributed by atoms with E-state index in [-0.39, 0.29) is 0 Å². The molecule has 1 aliphatic heterocycles. The van der Waals surface area contributed by atoms with Crippen LogP contribution in [0.5, 0.6) is 0 Å². The van der Waals surface area contributed by atoms with Crippen molar-refractivity contribution in [1.82, 2.24) is 30.1 Å². The Kier molecular flexibility index (Phi) is 2.96. The molecular weight excluding hydrogens is 250 g/mol. The first-order valence-electron chi connectivity index (χ1n) is 5.93. The van der Waals surface area contributed by atoms with Crippen LogP contribution in [0.15, 0.2) is 5.38 Å². The van der Waals surface area contributed by atoms with Crippen molar-refractivity contribution in [2.45, 2.75) is 25.9 Å². The van der Waals surface area contributed by atoms with E-state index in [9.17, 15) is 0 Å². The van der Waals surface area contributed by atoms with Crippen molar-refractivity contribution in [3.8, 4) is 11.5 Å². The molecule has 2 aromatic rings. The van der Waals surface area contributed by atoms with Gasteiger partial charge in [-0.1, -0.05) is 4.49 Å². The molecule has 0 aromatic carbocycles. The summed E-state index contributed by atoms with van der Waals surface area (Å²) in [4.78, 5) is 6.67. The summed E-state index contributed by atoms with van der Waals surface area (Å²) in [5.41, 5.74) is 0.745. The average molecular weight is 265 g/mol. The van der Waals surface area contributed by atoms with E-state index in [4.69, 9.17) is 0 Å². The lowest BCUT2D eigenvalue weighted by molar-refractivity contribution is 0.403. The lowest BCUT2D eigenvalue weighted by atomic mass is 10.1. The van der Waals surface area contributed by atoms with E-state index >= 15 is 0 Å². The van der Waals surface area contributed by atoms with Crippen molar-refractivity contribution < 1.29 is 0 Å². The van der Waals surface area contributed by atoms with Gasteiger partial charge in [0, 0.05) is 30.6 Å². The van der Waals surface area contributed by atoms with E-state index in [0.717, 1.165) is 24.7 Å². The normalized spacial score (nSPS) is 24.4. The summed E-state index contributed by atoms with van der Waals surface area (Å²) < 4.78 is 3.82. The van der Waals surface area contributed by atoms with Crippen molar-refractivity contribution in [2.24, 2.45) is 0 Å². The summed E-state index contributed by atoms with van der Waals surface area (Å²) >= 11 is 1.31. The molecule has 2 unspecified atom stereocenters. The molecule has 0 aliphatic carbocycles. The second-order valence-corrected chi connectivity index (χ2v) is 5.26. The first-order chi connectivity index (χ1) is 8.72. The molecule has 2 N–H and O–H groups in total. The van der Waals surface area contributed by atoms with E-state index in [2.05, 4.69) is 48.8 Å². The zero-order chi connectivity index (χ0) is 12.5. The fourth-order valence-corrected chi connectivity index (χ4v) is 2.71. The van der Waals surface area contributed by atoms with Gasteiger partial charge in [-0.3, -0.25) is 5.10 Å². The summed E-state index contributed by atoms with van der Waals surface area (Å²) in [6.45, 7) is 6.16. The molecule has 1 fully saturated rings. The fraction of sp³-hybridized carbons (Fsp3) is 0.600. The minimum atomic E-state index is 0.441. The van der Waals surface area contributed by atoms with Crippen molar-refractivity contribution in [2.75, 3.05) is 18.0 Å². The highest BCUT2D eigenvalue weighted by atomic mass is 32.1. The van der Waals surface area contributed by atoms with Crippen molar-refractivity contribution in [1.29, 1.82) is 0 Å². The van der Waals surface area contributed by atoms with E-state index in [1.165, 1.54) is 11.5 Å². The second kappa shape index (κ2) is 4.62. The number of nitrogens with one attached hydrogen (secondary N) is 2. The van der Waals surface area contributed by atoms with Crippen LogP contribution < -0.4 is 10.2 Å². The standard InChI is InChI=1S/C10H15N7S/c1-6-3-17(4-7(2)11-6)10-12-9(14-15-10)8-5-18-16-13-8/h5-7,11H,3-4H2,1-2H3,(H,12,14,15). The van der Waals surface area contributed by atoms with Gasteiger partial charge in [-0.25, -0.2) is 0 Å². The highest BCUT2D eigenvalue weighted by molar-refractivity contribution is 7.03. The number of anilines is 1. The Morgan fingerprint density at radius 2 is 2.11 bits per heavy atom. The number of aromatic amines is 1. The molecule has 7 nitrogen and oxygen atoms in total. The van der Waals surface area contributed by atoms with E-state index < -0.39 is 0 Å². The first-order valence-corrected chi connectivity index (χ1v) is 6.77. The molecule has 3 rings (SSSR count). The Morgan fingerprint density at radius 1 is 1.33 bits per heavy atom. The molecule has 2 aromatic heterocycles. The van der Waals surface area contributed by atoms with Gasteiger partial charge in [0.1, 0.15) is 5.69 Å². The maximum atomic E-state index is 4.48. The number of hydrogen-bond acceptors (Lipinski definition) is 7. The minimum absolute atomic E-state index is 0.441. The third kappa shape index (κ3) is 2.21. The summed E-state index contributed by atoms with van der Waals surface area (Å²) in [5.74, 6) is 1.41. The van der Waals surface area contributed by atoms with Gasteiger partial charge in [-0.15, -0.1) is 10.2 Å². The largest absolute Gasteiger partial charge is 0.336 e. The predicted molar refractivity (Wildman–Crippen MR) is 69.6 cm³/mol. The quantitative estimate of drug-likeness (QED) is 0.823. The smallest absolute Gasteiger partial charge is 0.245 e. The molecule has 0 amide bonds. The van der Waals surface area contributed by atoms with Crippen LogP contribution in [-0.4, -0.2) is 49.9 Å². The topological polar surface area (TPSA) is 82.6 Å². The van der Waals surface area contributed by atoms with Gasteiger partial charge in [0.15, 0.2) is 5.82 Å². The van der Waals surface area contributed by atoms with Crippen molar-refractivity contribution >= 4 is 17.5 Å². The van der Waals surface area contributed by atoms with Crippen molar-refractivity contribution in [3.05, 3.63) is 5.38 Å². The van der Waals surface area contributed by atoms with Gasteiger partial charge in [0.05, 0.1) is 0 Å². The number of rotatable bonds is 2. The average Bonchev–Trinajstić information content (AvgIpc) is 2.99. The molecule has 0 radical (unpaired) electrons. The molecule has 1 saturated heterocycles. The number of H-pyrrole nitrogens is 1. The molecule has 3 heterocycles. The van der Waals surface area contributed by atoms with Gasteiger partial charge >= 0.3 is 0 Å². The number of nitrogens with zero attached hydrogens (tertiary/aromatic N) is 5. The summed E-state index contributed by atoms with van der Waals surface area (Å²) in [6, 6.07) is 0.883. The van der Waals surface area contributed by atoms with Crippen LogP contribution in [0.25, 0.3) is 11.5 Å². The molecule has 0 bridgehead atoms. The molecule has 0 saturated carbocycles. The Bertz CT molecular complexity index is 498. The van der Waals surface area contributed by atoms with E-state index in [1.807, 2.05) is 5.38 Å². The monoisotopic (exact) mass is 265 g/mol. The van der Waals surface area contributed by atoms with Gasteiger partial charge in [-0.05, 0) is 25.4 Å². The van der Waals surface area contributed by atoms with Crippen LogP contribution in [0.4, 0.5) is 5.95 Å². The summed E-state index contributed by atoms with van der Waals surface area (Å²) in [7, 11) is 0. The maximum Gasteiger partial charge on any atom is 0.245 e. The van der Waals surface area contributed by atoms with Gasteiger partial charge in [-0.2, -0.15) is 4.98 Å². The Hall–Kier alpha value is -1.54. The van der Waals surface area contributed by atoms with Crippen LogP contribution in [0, 0.1) is 0 Å². The SMILES string of the molecule is CC1CN(c2n[nH]c(-c3csnn3)n2)CC(C)N1.